The first kappa shape index (κ1) is 20.0. The third-order valence-corrected chi connectivity index (χ3v) is 5.58. The lowest BCUT2D eigenvalue weighted by Crippen LogP contribution is -2.29. The maximum atomic E-state index is 12.5. The van der Waals surface area contributed by atoms with Crippen LogP contribution in [0.25, 0.3) is 5.69 Å². The molecule has 154 valence electrons. The van der Waals surface area contributed by atoms with E-state index in [2.05, 4.69) is 15.1 Å². The van der Waals surface area contributed by atoms with Gasteiger partial charge in [-0.15, -0.1) is 0 Å². The van der Waals surface area contributed by atoms with Crippen molar-refractivity contribution < 1.29 is 5.11 Å². The highest BCUT2D eigenvalue weighted by atomic mass is 32.1. The topological polar surface area (TPSA) is 86.5 Å². The Kier molecular flexibility index (Phi) is 5.76. The highest BCUT2D eigenvalue weighted by Gasteiger charge is 2.23. The zero-order valence-corrected chi connectivity index (χ0v) is 17.5. The van der Waals surface area contributed by atoms with Gasteiger partial charge in [-0.25, -0.2) is 0 Å². The monoisotopic (exact) mass is 421 g/mol. The van der Waals surface area contributed by atoms with Crippen LogP contribution in [0.15, 0.2) is 58.7 Å². The molecule has 0 saturated carbocycles. The van der Waals surface area contributed by atoms with Crippen molar-refractivity contribution in [3.8, 4) is 11.6 Å². The molecular weight excluding hydrogens is 398 g/mol. The van der Waals surface area contributed by atoms with E-state index in [-0.39, 0.29) is 22.3 Å². The van der Waals surface area contributed by atoms with Crippen molar-refractivity contribution in [3.05, 3.63) is 80.6 Å². The molecule has 1 aliphatic heterocycles. The van der Waals surface area contributed by atoms with Crippen molar-refractivity contribution in [3.63, 3.8) is 0 Å². The molecule has 1 aromatic carbocycles. The number of hydrazone groups is 1. The largest absolute Gasteiger partial charge is 0.494 e. The van der Waals surface area contributed by atoms with Crippen molar-refractivity contribution in [1.29, 1.82) is 0 Å². The molecule has 0 bridgehead atoms. The van der Waals surface area contributed by atoms with Crippen LogP contribution in [-0.4, -0.2) is 37.4 Å². The van der Waals surface area contributed by atoms with E-state index in [9.17, 15) is 9.90 Å². The number of benzene rings is 1. The van der Waals surface area contributed by atoms with E-state index in [0.717, 1.165) is 36.9 Å². The molecule has 0 unspecified atom stereocenters. The molecule has 3 aromatic rings. The fourth-order valence-corrected chi connectivity index (χ4v) is 3.97. The van der Waals surface area contributed by atoms with Crippen LogP contribution in [0.2, 0.25) is 0 Å². The second kappa shape index (κ2) is 8.62. The molecule has 8 heteroatoms. The Bertz CT molecular complexity index is 1170. The maximum Gasteiger partial charge on any atom is 0.264 e. The third kappa shape index (κ3) is 4.04. The molecule has 30 heavy (non-hydrogen) atoms. The molecule has 2 aromatic heterocycles. The summed E-state index contributed by atoms with van der Waals surface area (Å²) < 4.78 is 1.57. The summed E-state index contributed by atoms with van der Waals surface area (Å²) in [6.45, 7) is 2.75. The average Bonchev–Trinajstić information content (AvgIpc) is 2.75. The summed E-state index contributed by atoms with van der Waals surface area (Å²) in [6.07, 6.45) is 8.10. The minimum Gasteiger partial charge on any atom is -0.494 e. The summed E-state index contributed by atoms with van der Waals surface area (Å²) in [7, 11) is 0. The zero-order valence-electron chi connectivity index (χ0n) is 16.7. The lowest BCUT2D eigenvalue weighted by Gasteiger charge is -2.33. The number of aromatic nitrogens is 3. The summed E-state index contributed by atoms with van der Waals surface area (Å²) >= 11 is 5.28. The van der Waals surface area contributed by atoms with Gasteiger partial charge in [-0.05, 0) is 62.2 Å². The van der Waals surface area contributed by atoms with Gasteiger partial charge in [0.05, 0.1) is 17.9 Å². The first-order valence-electron chi connectivity index (χ1n) is 9.90. The summed E-state index contributed by atoms with van der Waals surface area (Å²) in [4.78, 5) is 19.4. The average molecular weight is 422 g/mol. The third-order valence-electron chi connectivity index (χ3n) is 5.29. The number of rotatable bonds is 4. The van der Waals surface area contributed by atoms with Crippen molar-refractivity contribution in [2.75, 3.05) is 6.54 Å². The van der Waals surface area contributed by atoms with Gasteiger partial charge in [-0.3, -0.25) is 24.3 Å². The molecule has 3 heterocycles. The van der Waals surface area contributed by atoms with Crippen LogP contribution in [0.5, 0.6) is 5.88 Å². The minimum absolute atomic E-state index is 0.0692. The van der Waals surface area contributed by atoms with Crippen molar-refractivity contribution in [1.82, 2.24) is 19.5 Å². The van der Waals surface area contributed by atoms with Gasteiger partial charge in [-0.2, -0.15) is 5.10 Å². The molecule has 1 atom stereocenters. The Labute approximate surface area is 179 Å². The number of aromatic hydroxyl groups is 1. The molecule has 0 spiro atoms. The standard InChI is InChI=1S/C22H23N5O2S/c1-15-7-9-17(10-8-15)27-21(29)18(20(28)25-22(27)30)14-24-26-12-3-2-6-19(26)16-5-4-11-23-13-16/h4-5,7-11,13-14,19,29H,2-3,6,12H2,1H3,(H,25,28,30)/t19-/m0/s1. The molecule has 0 amide bonds. The Morgan fingerprint density at radius 3 is 2.80 bits per heavy atom. The van der Waals surface area contributed by atoms with Gasteiger partial charge in [0.15, 0.2) is 4.77 Å². The van der Waals surface area contributed by atoms with Crippen LogP contribution in [0.1, 0.15) is 42.0 Å². The van der Waals surface area contributed by atoms with Gasteiger partial charge in [-0.1, -0.05) is 23.8 Å². The van der Waals surface area contributed by atoms with Gasteiger partial charge in [0.1, 0.15) is 5.56 Å². The van der Waals surface area contributed by atoms with Crippen molar-refractivity contribution >= 4 is 18.4 Å². The van der Waals surface area contributed by atoms with E-state index in [1.54, 1.807) is 6.20 Å². The highest BCUT2D eigenvalue weighted by molar-refractivity contribution is 7.71. The molecule has 0 radical (unpaired) electrons. The van der Waals surface area contributed by atoms with Gasteiger partial charge in [0.2, 0.25) is 5.88 Å². The smallest absolute Gasteiger partial charge is 0.264 e. The Morgan fingerprint density at radius 1 is 1.27 bits per heavy atom. The molecule has 1 saturated heterocycles. The maximum absolute atomic E-state index is 12.5. The fraction of sp³-hybridized carbons (Fsp3) is 0.273. The summed E-state index contributed by atoms with van der Waals surface area (Å²) in [6, 6.07) is 11.6. The van der Waals surface area contributed by atoms with Crippen LogP contribution in [-0.2, 0) is 0 Å². The quantitative estimate of drug-likeness (QED) is 0.493. The molecular formula is C22H23N5O2S. The van der Waals surface area contributed by atoms with Crippen LogP contribution >= 0.6 is 12.2 Å². The van der Waals surface area contributed by atoms with Gasteiger partial charge in [0, 0.05) is 18.9 Å². The molecule has 1 aliphatic rings. The number of H-pyrrole nitrogens is 1. The summed E-state index contributed by atoms with van der Waals surface area (Å²) in [5.41, 5.74) is 2.44. The molecule has 0 aliphatic carbocycles. The van der Waals surface area contributed by atoms with E-state index in [4.69, 9.17) is 12.2 Å². The van der Waals surface area contributed by atoms with E-state index in [0.29, 0.717) is 5.69 Å². The molecule has 4 rings (SSSR count). The predicted molar refractivity (Wildman–Crippen MR) is 119 cm³/mol. The number of piperidine rings is 1. The van der Waals surface area contributed by atoms with Gasteiger partial charge in [0.25, 0.3) is 5.56 Å². The first-order chi connectivity index (χ1) is 14.5. The van der Waals surface area contributed by atoms with Crippen LogP contribution in [0.4, 0.5) is 0 Å². The fourth-order valence-electron chi connectivity index (χ4n) is 3.69. The second-order valence-corrected chi connectivity index (χ2v) is 7.76. The number of aromatic amines is 1. The number of nitrogens with one attached hydrogen (secondary N) is 1. The number of aryl methyl sites for hydroxylation is 1. The van der Waals surface area contributed by atoms with E-state index in [1.807, 2.05) is 54.5 Å². The number of hydrogen-bond donors (Lipinski definition) is 2. The van der Waals surface area contributed by atoms with Crippen molar-refractivity contribution in [2.24, 2.45) is 5.10 Å². The Morgan fingerprint density at radius 2 is 2.07 bits per heavy atom. The van der Waals surface area contributed by atoms with E-state index in [1.165, 1.54) is 10.8 Å². The molecule has 7 nitrogen and oxygen atoms in total. The molecule has 2 N–H and O–H groups in total. The number of pyridine rings is 1. The van der Waals surface area contributed by atoms with Gasteiger partial charge < -0.3 is 5.11 Å². The normalized spacial score (nSPS) is 16.8. The van der Waals surface area contributed by atoms with Gasteiger partial charge >= 0.3 is 0 Å². The Balaban J connectivity index is 1.71. The Hall–Kier alpha value is -3.26. The van der Waals surface area contributed by atoms with Crippen LogP contribution < -0.4 is 5.56 Å². The number of nitrogens with zero attached hydrogens (tertiary/aromatic N) is 4. The second-order valence-electron chi connectivity index (χ2n) is 7.37. The van der Waals surface area contributed by atoms with Crippen LogP contribution in [0, 0.1) is 11.7 Å². The lowest BCUT2D eigenvalue weighted by atomic mass is 9.98. The summed E-state index contributed by atoms with van der Waals surface area (Å²) in [5.74, 6) is -0.230. The van der Waals surface area contributed by atoms with Crippen molar-refractivity contribution in [2.45, 2.75) is 32.2 Å². The highest BCUT2D eigenvalue weighted by Crippen LogP contribution is 2.30. The number of hydrogen-bond acceptors (Lipinski definition) is 6. The summed E-state index contributed by atoms with van der Waals surface area (Å²) in [5, 5.41) is 17.4. The van der Waals surface area contributed by atoms with E-state index >= 15 is 0 Å². The zero-order chi connectivity index (χ0) is 21.1. The molecule has 1 fully saturated rings. The predicted octanol–water partition coefficient (Wildman–Crippen LogP) is 3.87. The SMILES string of the molecule is Cc1ccc(-n2c(O)c(C=NN3CCCC[C@H]3c3cccnc3)c(=O)[nH]c2=S)cc1. The first-order valence-corrected chi connectivity index (χ1v) is 10.3. The van der Waals surface area contributed by atoms with Crippen LogP contribution in [0.3, 0.4) is 0 Å². The minimum atomic E-state index is -0.473. The van der Waals surface area contributed by atoms with E-state index < -0.39 is 5.56 Å². The lowest BCUT2D eigenvalue weighted by molar-refractivity contribution is 0.156.